The number of alkyl halides is 2. The molecule has 0 nitrogen and oxygen atoms in total. The van der Waals surface area contributed by atoms with Crippen molar-refractivity contribution in [1.82, 2.24) is 0 Å². The zero-order valence-corrected chi connectivity index (χ0v) is 10.9. The fourth-order valence-electron chi connectivity index (χ4n) is 2.01. The molecule has 0 aliphatic heterocycles. The van der Waals surface area contributed by atoms with Crippen LogP contribution in [0.15, 0.2) is 60.7 Å². The topological polar surface area (TPSA) is 0 Å². The fraction of sp³-hybridized carbons (Fsp3) is 0.200. The van der Waals surface area contributed by atoms with E-state index >= 15 is 0 Å². The molecule has 0 saturated heterocycles. The fourth-order valence-corrected chi connectivity index (χ4v) is 2.37. The van der Waals surface area contributed by atoms with E-state index < -0.39 is 0 Å². The van der Waals surface area contributed by atoms with Crippen LogP contribution in [0.3, 0.4) is 0 Å². The van der Waals surface area contributed by atoms with Crippen LogP contribution >= 0.6 is 23.2 Å². The lowest BCUT2D eigenvalue weighted by molar-refractivity contribution is 0.759. The van der Waals surface area contributed by atoms with Crippen molar-refractivity contribution >= 4 is 23.2 Å². The van der Waals surface area contributed by atoms with Crippen LogP contribution in [0.5, 0.6) is 0 Å². The molecule has 0 saturated carbocycles. The van der Waals surface area contributed by atoms with E-state index in [4.69, 9.17) is 23.2 Å². The maximum Gasteiger partial charge on any atom is 0.108 e. The van der Waals surface area contributed by atoms with E-state index in [1.807, 2.05) is 36.4 Å². The van der Waals surface area contributed by atoms with Gasteiger partial charge in [-0.25, -0.2) is 0 Å². The van der Waals surface area contributed by atoms with Gasteiger partial charge in [-0.2, -0.15) is 0 Å². The van der Waals surface area contributed by atoms with Crippen molar-refractivity contribution in [1.29, 1.82) is 0 Å². The number of hydrogen-bond donors (Lipinski definition) is 0. The van der Waals surface area contributed by atoms with Gasteiger partial charge in [-0.15, -0.1) is 23.2 Å². The van der Waals surface area contributed by atoms with Gasteiger partial charge in [-0.1, -0.05) is 60.7 Å². The van der Waals surface area contributed by atoms with Crippen LogP contribution in [0.2, 0.25) is 0 Å². The summed E-state index contributed by atoms with van der Waals surface area (Å²) in [4.78, 5) is -0.347. The van der Waals surface area contributed by atoms with Gasteiger partial charge < -0.3 is 0 Å². The van der Waals surface area contributed by atoms with E-state index in [2.05, 4.69) is 24.3 Å². The molecular formula is C15H14Cl2. The molecule has 0 atom stereocenters. The largest absolute Gasteiger partial charge is 0.108 e. The maximum absolute atomic E-state index is 5.94. The molecule has 88 valence electrons. The zero-order chi connectivity index (χ0) is 12.1. The van der Waals surface area contributed by atoms with Crippen LogP contribution in [-0.4, -0.2) is 4.84 Å². The molecular weight excluding hydrogens is 251 g/mol. The van der Waals surface area contributed by atoms with Crippen molar-refractivity contribution in [2.75, 3.05) is 0 Å². The number of hydrogen-bond acceptors (Lipinski definition) is 0. The smallest absolute Gasteiger partial charge is 0.105 e. The third-order valence-corrected chi connectivity index (χ3v) is 3.17. The maximum atomic E-state index is 5.94. The second-order valence-corrected chi connectivity index (χ2v) is 5.28. The zero-order valence-electron chi connectivity index (χ0n) is 9.39. The molecule has 0 fully saturated rings. The molecule has 0 amide bonds. The average Bonchev–Trinajstić information content (AvgIpc) is 2.38. The van der Waals surface area contributed by atoms with Crippen LogP contribution in [0.25, 0.3) is 0 Å². The molecule has 2 aromatic carbocycles. The molecule has 0 aromatic heterocycles. The molecule has 17 heavy (non-hydrogen) atoms. The lowest BCUT2D eigenvalue weighted by atomic mass is 9.89. The van der Waals surface area contributed by atoms with E-state index in [9.17, 15) is 0 Å². The summed E-state index contributed by atoms with van der Waals surface area (Å²) in [6.45, 7) is 0. The lowest BCUT2D eigenvalue weighted by Crippen LogP contribution is -2.05. The minimum Gasteiger partial charge on any atom is -0.105 e. The van der Waals surface area contributed by atoms with Crippen LogP contribution in [0.1, 0.15) is 23.5 Å². The monoisotopic (exact) mass is 264 g/mol. The summed E-state index contributed by atoms with van der Waals surface area (Å²) >= 11 is 11.9. The van der Waals surface area contributed by atoms with Crippen LogP contribution in [-0.2, 0) is 0 Å². The summed E-state index contributed by atoms with van der Waals surface area (Å²) in [5.74, 6) is 0.261. The summed E-state index contributed by atoms with van der Waals surface area (Å²) < 4.78 is 0. The van der Waals surface area contributed by atoms with Gasteiger partial charge in [0, 0.05) is 5.92 Å². The summed E-state index contributed by atoms with van der Waals surface area (Å²) in [6, 6.07) is 20.7. The highest BCUT2D eigenvalue weighted by Crippen LogP contribution is 2.31. The van der Waals surface area contributed by atoms with Gasteiger partial charge in [0.1, 0.15) is 4.84 Å². The first-order valence-corrected chi connectivity index (χ1v) is 6.52. The third kappa shape index (κ3) is 3.49. The lowest BCUT2D eigenvalue weighted by Gasteiger charge is -2.18. The average molecular weight is 265 g/mol. The number of halogens is 2. The quantitative estimate of drug-likeness (QED) is 0.681. The van der Waals surface area contributed by atoms with Crippen molar-refractivity contribution in [3.8, 4) is 0 Å². The summed E-state index contributed by atoms with van der Waals surface area (Å²) in [5, 5.41) is 0. The van der Waals surface area contributed by atoms with Gasteiger partial charge >= 0.3 is 0 Å². The van der Waals surface area contributed by atoms with Crippen molar-refractivity contribution in [2.45, 2.75) is 17.2 Å². The molecule has 2 aromatic rings. The van der Waals surface area contributed by atoms with Crippen molar-refractivity contribution in [2.24, 2.45) is 0 Å². The van der Waals surface area contributed by atoms with Gasteiger partial charge in [0.15, 0.2) is 0 Å². The number of rotatable bonds is 4. The van der Waals surface area contributed by atoms with Crippen molar-refractivity contribution in [3.05, 3.63) is 71.8 Å². The Bertz CT molecular complexity index is 397. The molecule has 0 N–H and O–H groups in total. The van der Waals surface area contributed by atoms with E-state index in [1.54, 1.807) is 0 Å². The normalized spacial score (nSPS) is 11.1. The first-order chi connectivity index (χ1) is 8.27. The Kier molecular flexibility index (Phi) is 4.47. The SMILES string of the molecule is ClC(Cl)CC(c1ccccc1)c1ccccc1. The first-order valence-electron chi connectivity index (χ1n) is 5.65. The minimum absolute atomic E-state index is 0.261. The molecule has 0 bridgehead atoms. The molecule has 0 heterocycles. The Morgan fingerprint density at radius 3 is 1.47 bits per heavy atom. The highest BCUT2D eigenvalue weighted by molar-refractivity contribution is 6.44. The Labute approximate surface area is 112 Å². The minimum atomic E-state index is -0.347. The van der Waals surface area contributed by atoms with E-state index in [1.165, 1.54) is 11.1 Å². The summed E-state index contributed by atoms with van der Waals surface area (Å²) in [6.07, 6.45) is 0.733. The predicted molar refractivity (Wildman–Crippen MR) is 74.8 cm³/mol. The van der Waals surface area contributed by atoms with Gasteiger partial charge in [0.05, 0.1) is 0 Å². The van der Waals surface area contributed by atoms with E-state index in [0.29, 0.717) is 0 Å². The van der Waals surface area contributed by atoms with Gasteiger partial charge in [0.2, 0.25) is 0 Å². The summed E-state index contributed by atoms with van der Waals surface area (Å²) in [7, 11) is 0. The van der Waals surface area contributed by atoms with Crippen LogP contribution in [0, 0.1) is 0 Å². The first kappa shape index (κ1) is 12.5. The van der Waals surface area contributed by atoms with Crippen molar-refractivity contribution in [3.63, 3.8) is 0 Å². The van der Waals surface area contributed by atoms with Crippen LogP contribution in [0.4, 0.5) is 0 Å². The molecule has 2 rings (SSSR count). The molecule has 0 aliphatic rings. The Morgan fingerprint density at radius 1 is 0.706 bits per heavy atom. The van der Waals surface area contributed by atoms with Crippen LogP contribution < -0.4 is 0 Å². The molecule has 0 spiro atoms. The Morgan fingerprint density at radius 2 is 1.12 bits per heavy atom. The van der Waals surface area contributed by atoms with E-state index in [-0.39, 0.29) is 10.8 Å². The highest BCUT2D eigenvalue weighted by Gasteiger charge is 2.16. The Hall–Kier alpha value is -0.980. The number of benzene rings is 2. The predicted octanol–water partition coefficient (Wildman–Crippen LogP) is 5.01. The van der Waals surface area contributed by atoms with Crippen molar-refractivity contribution < 1.29 is 0 Å². The van der Waals surface area contributed by atoms with Gasteiger partial charge in [-0.3, -0.25) is 0 Å². The molecule has 0 radical (unpaired) electrons. The standard InChI is InChI=1S/C15H14Cl2/c16-15(17)11-14(12-7-3-1-4-8-12)13-9-5-2-6-10-13/h1-10,14-15H,11H2. The highest BCUT2D eigenvalue weighted by atomic mass is 35.5. The molecule has 0 aliphatic carbocycles. The second-order valence-electron chi connectivity index (χ2n) is 4.00. The molecule has 0 unspecified atom stereocenters. The van der Waals surface area contributed by atoms with E-state index in [0.717, 1.165) is 6.42 Å². The Balaban J connectivity index is 2.32. The van der Waals surface area contributed by atoms with Gasteiger partial charge in [0.25, 0.3) is 0 Å². The molecule has 2 heteroatoms. The third-order valence-electron chi connectivity index (χ3n) is 2.82. The summed E-state index contributed by atoms with van der Waals surface area (Å²) in [5.41, 5.74) is 2.51. The van der Waals surface area contributed by atoms with Gasteiger partial charge in [-0.05, 0) is 17.5 Å². The second kappa shape index (κ2) is 6.09.